The first kappa shape index (κ1) is 12.4. The van der Waals surface area contributed by atoms with Crippen LogP contribution in [0.5, 0.6) is 0 Å². The average molecular weight is 261 g/mol. The van der Waals surface area contributed by atoms with Crippen molar-refractivity contribution in [3.05, 3.63) is 33.4 Å². The minimum Gasteiger partial charge on any atom is -0.370 e. The van der Waals surface area contributed by atoms with Crippen molar-refractivity contribution in [1.29, 1.82) is 0 Å². The lowest BCUT2D eigenvalue weighted by atomic mass is 9.72. The van der Waals surface area contributed by atoms with Crippen molar-refractivity contribution in [2.24, 2.45) is 5.41 Å². The van der Waals surface area contributed by atoms with Crippen LogP contribution < -0.4 is 4.90 Å². The number of hydrogen-bond donors (Lipinski definition) is 0. The summed E-state index contributed by atoms with van der Waals surface area (Å²) in [5.41, 5.74) is 3.88. The minimum atomic E-state index is -0.317. The maximum Gasteiger partial charge on any atom is 0.270 e. The van der Waals surface area contributed by atoms with Gasteiger partial charge in [0, 0.05) is 49.4 Å². The highest BCUT2D eigenvalue weighted by molar-refractivity contribution is 5.64. The second kappa shape index (κ2) is 3.93. The Balaban J connectivity index is 1.81. The van der Waals surface area contributed by atoms with Gasteiger partial charge in [-0.05, 0) is 32.0 Å². The Morgan fingerprint density at radius 2 is 1.68 bits per heavy atom. The highest BCUT2D eigenvalue weighted by atomic mass is 16.6. The smallest absolute Gasteiger partial charge is 0.270 e. The fraction of sp³-hybridized carbons (Fsp3) is 0.571. The topological polar surface area (TPSA) is 49.6 Å². The predicted octanol–water partition coefficient (Wildman–Crippen LogP) is 1.96. The van der Waals surface area contributed by atoms with E-state index in [0.29, 0.717) is 5.41 Å². The summed E-state index contributed by atoms with van der Waals surface area (Å²) in [6.45, 7) is 8.44. The molecule has 5 heteroatoms. The number of aryl methyl sites for hydroxylation is 2. The molecule has 2 heterocycles. The van der Waals surface area contributed by atoms with Crippen molar-refractivity contribution >= 4 is 11.4 Å². The molecule has 2 aliphatic heterocycles. The number of likely N-dealkylation sites (tertiary alicyclic amines) is 1. The van der Waals surface area contributed by atoms with Gasteiger partial charge in [0.1, 0.15) is 0 Å². The molecule has 1 aromatic rings. The second-order valence-corrected chi connectivity index (χ2v) is 6.21. The number of anilines is 1. The molecule has 1 spiro atoms. The van der Waals surface area contributed by atoms with Gasteiger partial charge in [-0.25, -0.2) is 0 Å². The number of benzene rings is 1. The van der Waals surface area contributed by atoms with E-state index in [-0.39, 0.29) is 10.6 Å². The Hall–Kier alpha value is -1.62. The highest BCUT2D eigenvalue weighted by Gasteiger charge is 2.50. The summed E-state index contributed by atoms with van der Waals surface area (Å²) >= 11 is 0. The Bertz CT molecular complexity index is 519. The van der Waals surface area contributed by atoms with Crippen LogP contribution in [0.2, 0.25) is 0 Å². The molecular weight excluding hydrogens is 242 g/mol. The molecule has 0 radical (unpaired) electrons. The van der Waals surface area contributed by atoms with Crippen LogP contribution in [0.4, 0.5) is 11.4 Å². The second-order valence-electron chi connectivity index (χ2n) is 6.21. The van der Waals surface area contributed by atoms with Gasteiger partial charge < -0.3 is 9.80 Å². The van der Waals surface area contributed by atoms with Crippen LogP contribution in [0.3, 0.4) is 0 Å². The zero-order chi connectivity index (χ0) is 13.8. The van der Waals surface area contributed by atoms with Crippen LogP contribution in [0.25, 0.3) is 0 Å². The summed E-state index contributed by atoms with van der Waals surface area (Å²) < 4.78 is 0. The fourth-order valence-electron chi connectivity index (χ4n) is 3.76. The molecule has 2 fully saturated rings. The summed E-state index contributed by atoms with van der Waals surface area (Å²) in [5.74, 6) is 0. The molecule has 5 nitrogen and oxygen atoms in total. The molecule has 0 bridgehead atoms. The fourth-order valence-corrected chi connectivity index (χ4v) is 3.76. The van der Waals surface area contributed by atoms with Gasteiger partial charge in [0.15, 0.2) is 0 Å². The maximum atomic E-state index is 10.9. The van der Waals surface area contributed by atoms with Crippen LogP contribution >= 0.6 is 0 Å². The van der Waals surface area contributed by atoms with Gasteiger partial charge in [-0.1, -0.05) is 0 Å². The number of rotatable bonds is 2. The van der Waals surface area contributed by atoms with Crippen LogP contribution in [-0.2, 0) is 0 Å². The predicted molar refractivity (Wildman–Crippen MR) is 74.7 cm³/mol. The van der Waals surface area contributed by atoms with E-state index < -0.39 is 0 Å². The van der Waals surface area contributed by atoms with E-state index in [0.717, 1.165) is 24.2 Å². The van der Waals surface area contributed by atoms with Crippen LogP contribution in [0.15, 0.2) is 12.1 Å². The molecule has 0 aliphatic carbocycles. The molecule has 3 rings (SSSR count). The Labute approximate surface area is 113 Å². The first-order valence-electron chi connectivity index (χ1n) is 6.59. The molecule has 0 unspecified atom stereocenters. The van der Waals surface area contributed by atoms with Gasteiger partial charge in [-0.15, -0.1) is 0 Å². The Morgan fingerprint density at radius 3 is 2.11 bits per heavy atom. The molecule has 19 heavy (non-hydrogen) atoms. The Morgan fingerprint density at radius 1 is 1.16 bits per heavy atom. The molecule has 0 N–H and O–H groups in total. The van der Waals surface area contributed by atoms with E-state index in [1.807, 2.05) is 13.8 Å². The third-order valence-corrected chi connectivity index (χ3v) is 4.27. The Kier molecular flexibility index (Phi) is 2.57. The van der Waals surface area contributed by atoms with Crippen molar-refractivity contribution in [2.45, 2.75) is 13.8 Å². The highest BCUT2D eigenvalue weighted by Crippen LogP contribution is 2.43. The van der Waals surface area contributed by atoms with Crippen molar-refractivity contribution in [2.75, 3.05) is 38.1 Å². The van der Waals surface area contributed by atoms with Crippen molar-refractivity contribution < 1.29 is 4.92 Å². The van der Waals surface area contributed by atoms with Crippen LogP contribution in [0, 0.1) is 29.4 Å². The molecular formula is C14H19N3O2. The molecule has 0 atom stereocenters. The van der Waals surface area contributed by atoms with Crippen molar-refractivity contribution in [3.63, 3.8) is 0 Å². The van der Waals surface area contributed by atoms with Gasteiger partial charge in [0.05, 0.1) is 4.92 Å². The van der Waals surface area contributed by atoms with Crippen molar-refractivity contribution in [3.8, 4) is 0 Å². The molecule has 0 saturated carbocycles. The van der Waals surface area contributed by atoms with E-state index in [9.17, 15) is 10.1 Å². The molecule has 0 aromatic heterocycles. The third kappa shape index (κ3) is 1.89. The lowest BCUT2D eigenvalue weighted by Gasteiger charge is -2.60. The van der Waals surface area contributed by atoms with E-state index in [1.54, 1.807) is 12.1 Å². The third-order valence-electron chi connectivity index (χ3n) is 4.27. The maximum absolute atomic E-state index is 10.9. The number of nitro groups is 1. The quantitative estimate of drug-likeness (QED) is 0.603. The van der Waals surface area contributed by atoms with E-state index in [2.05, 4.69) is 16.8 Å². The SMILES string of the molecule is Cc1cc([N+](=O)[O-])cc(C)c1N1CC2(CN(C)C2)C1. The molecule has 1 aromatic carbocycles. The first-order valence-corrected chi connectivity index (χ1v) is 6.59. The normalized spacial score (nSPS) is 21.1. The van der Waals surface area contributed by atoms with Gasteiger partial charge in [-0.3, -0.25) is 10.1 Å². The van der Waals surface area contributed by atoms with E-state index in [1.165, 1.54) is 18.8 Å². The van der Waals surface area contributed by atoms with Crippen molar-refractivity contribution in [1.82, 2.24) is 4.90 Å². The lowest BCUT2D eigenvalue weighted by molar-refractivity contribution is -0.384. The van der Waals surface area contributed by atoms with Gasteiger partial charge >= 0.3 is 0 Å². The monoisotopic (exact) mass is 261 g/mol. The molecule has 2 aliphatic rings. The molecule has 102 valence electrons. The largest absolute Gasteiger partial charge is 0.370 e. The van der Waals surface area contributed by atoms with Gasteiger partial charge in [-0.2, -0.15) is 0 Å². The molecule has 2 saturated heterocycles. The van der Waals surface area contributed by atoms with Crippen LogP contribution in [0.1, 0.15) is 11.1 Å². The standard InChI is InChI=1S/C14H19N3O2/c1-10-4-12(17(18)19)5-11(2)13(10)16-8-14(9-16)6-15(3)7-14/h4-5H,6-9H2,1-3H3. The van der Waals surface area contributed by atoms with Crippen LogP contribution in [-0.4, -0.2) is 43.0 Å². The zero-order valence-electron chi connectivity index (χ0n) is 11.6. The zero-order valence-corrected chi connectivity index (χ0v) is 11.6. The summed E-state index contributed by atoms with van der Waals surface area (Å²) in [4.78, 5) is 15.2. The average Bonchev–Trinajstić information content (AvgIpc) is 2.22. The van der Waals surface area contributed by atoms with Gasteiger partial charge in [0.25, 0.3) is 5.69 Å². The minimum absolute atomic E-state index is 0.192. The van der Waals surface area contributed by atoms with E-state index in [4.69, 9.17) is 0 Å². The number of nitro benzene ring substituents is 1. The summed E-state index contributed by atoms with van der Waals surface area (Å²) in [5, 5.41) is 10.9. The number of non-ortho nitro benzene ring substituents is 1. The molecule has 0 amide bonds. The first-order chi connectivity index (χ1) is 8.90. The van der Waals surface area contributed by atoms with E-state index >= 15 is 0 Å². The summed E-state index contributed by atoms with van der Waals surface area (Å²) in [6, 6.07) is 3.36. The number of nitrogens with zero attached hydrogens (tertiary/aromatic N) is 3. The summed E-state index contributed by atoms with van der Waals surface area (Å²) in [6.07, 6.45) is 0. The number of hydrogen-bond acceptors (Lipinski definition) is 4. The lowest BCUT2D eigenvalue weighted by Crippen LogP contribution is -2.71. The summed E-state index contributed by atoms with van der Waals surface area (Å²) in [7, 11) is 2.15. The van der Waals surface area contributed by atoms with Gasteiger partial charge in [0.2, 0.25) is 0 Å².